The van der Waals surface area contributed by atoms with Crippen molar-refractivity contribution in [3.05, 3.63) is 40.2 Å². The Kier molecular flexibility index (Phi) is 5.84. The smallest absolute Gasteiger partial charge is 0.277 e. The molecular weight excluding hydrogens is 386 g/mol. The second-order valence-corrected chi connectivity index (χ2v) is 7.21. The topological polar surface area (TPSA) is 103 Å². The third-order valence-electron chi connectivity index (χ3n) is 2.72. The zero-order chi connectivity index (χ0) is 17.6. The van der Waals surface area contributed by atoms with Gasteiger partial charge in [-0.3, -0.25) is 10.1 Å². The van der Waals surface area contributed by atoms with Crippen molar-refractivity contribution >= 4 is 45.7 Å². The molecule has 0 unspecified atom stereocenters. The summed E-state index contributed by atoms with van der Waals surface area (Å²) in [4.78, 5) is 11.8. The first kappa shape index (κ1) is 17.6. The van der Waals surface area contributed by atoms with Crippen molar-refractivity contribution < 1.29 is 13.9 Å². The second-order valence-electron chi connectivity index (χ2n) is 4.67. The van der Waals surface area contributed by atoms with Crippen molar-refractivity contribution in [3.8, 4) is 5.75 Å². The van der Waals surface area contributed by atoms with Gasteiger partial charge in [0.2, 0.25) is 11.0 Å². The molecule has 0 aliphatic carbocycles. The van der Waals surface area contributed by atoms with Gasteiger partial charge in [-0.1, -0.05) is 34.7 Å². The molecule has 0 saturated carbocycles. The molecule has 130 valence electrons. The molecule has 3 aromatic rings. The molecule has 2 aromatic heterocycles. The summed E-state index contributed by atoms with van der Waals surface area (Å²) < 4.78 is 10.9. The van der Waals surface area contributed by atoms with Crippen LogP contribution in [0.3, 0.4) is 0 Å². The molecule has 0 fully saturated rings. The van der Waals surface area contributed by atoms with Gasteiger partial charge < -0.3 is 9.15 Å². The number of hydrogen-bond acceptors (Lipinski definition) is 9. The molecular formula is C14H12ClN5O3S2. The lowest BCUT2D eigenvalue weighted by Gasteiger charge is -2.02. The molecule has 0 bridgehead atoms. The average molecular weight is 398 g/mol. The molecule has 0 saturated heterocycles. The Morgan fingerprint density at radius 1 is 1.28 bits per heavy atom. The first-order chi connectivity index (χ1) is 12.1. The van der Waals surface area contributed by atoms with Crippen LogP contribution in [0, 0.1) is 6.92 Å². The number of thioether (sulfide) groups is 1. The van der Waals surface area contributed by atoms with E-state index in [-0.39, 0.29) is 18.3 Å². The number of halogens is 1. The number of nitrogens with one attached hydrogen (secondary N) is 1. The molecule has 8 nitrogen and oxygen atoms in total. The van der Waals surface area contributed by atoms with Crippen LogP contribution in [0.15, 0.2) is 33.9 Å². The predicted octanol–water partition coefficient (Wildman–Crippen LogP) is 3.19. The van der Waals surface area contributed by atoms with Gasteiger partial charge in [0.25, 0.3) is 11.1 Å². The van der Waals surface area contributed by atoms with Crippen molar-refractivity contribution in [1.29, 1.82) is 0 Å². The lowest BCUT2D eigenvalue weighted by Crippen LogP contribution is -2.13. The van der Waals surface area contributed by atoms with Gasteiger partial charge in [-0.15, -0.1) is 20.4 Å². The number of rotatable bonds is 7. The number of benzene rings is 1. The predicted molar refractivity (Wildman–Crippen MR) is 94.1 cm³/mol. The Labute approximate surface area is 156 Å². The van der Waals surface area contributed by atoms with E-state index in [1.807, 2.05) is 6.92 Å². The maximum Gasteiger partial charge on any atom is 0.277 e. The number of nitrogens with zero attached hydrogens (tertiary/aromatic N) is 4. The maximum absolute atomic E-state index is 11.8. The fourth-order valence-electron chi connectivity index (χ4n) is 1.66. The van der Waals surface area contributed by atoms with Crippen molar-refractivity contribution in [1.82, 2.24) is 20.4 Å². The third-order valence-corrected chi connectivity index (χ3v) is 4.55. The molecule has 0 aliphatic rings. The van der Waals surface area contributed by atoms with Crippen molar-refractivity contribution in [3.63, 3.8) is 0 Å². The summed E-state index contributed by atoms with van der Waals surface area (Å²) in [7, 11) is 0. The van der Waals surface area contributed by atoms with E-state index in [0.29, 0.717) is 27.0 Å². The van der Waals surface area contributed by atoms with E-state index in [1.165, 1.54) is 11.3 Å². The summed E-state index contributed by atoms with van der Waals surface area (Å²) in [5.41, 5.74) is 0. The Balaban J connectivity index is 1.44. The summed E-state index contributed by atoms with van der Waals surface area (Å²) in [6.07, 6.45) is 0. The number of amides is 1. The molecule has 11 heteroatoms. The quantitative estimate of drug-likeness (QED) is 0.606. The molecule has 1 N–H and O–H groups in total. The molecule has 0 atom stereocenters. The van der Waals surface area contributed by atoms with Crippen molar-refractivity contribution in [2.75, 3.05) is 11.1 Å². The average Bonchev–Trinajstić information content (AvgIpc) is 3.21. The second kappa shape index (κ2) is 8.28. The van der Waals surface area contributed by atoms with Gasteiger partial charge in [0, 0.05) is 5.02 Å². The molecule has 0 aliphatic heterocycles. The number of carbonyl (C=O) groups is 1. The molecule has 2 heterocycles. The van der Waals surface area contributed by atoms with E-state index in [4.69, 9.17) is 20.8 Å². The largest absolute Gasteiger partial charge is 0.484 e. The van der Waals surface area contributed by atoms with E-state index in [0.717, 1.165) is 16.8 Å². The first-order valence-electron chi connectivity index (χ1n) is 7.02. The number of carbonyl (C=O) groups excluding carboxylic acids is 1. The highest BCUT2D eigenvalue weighted by Crippen LogP contribution is 2.20. The summed E-state index contributed by atoms with van der Waals surface area (Å²) in [5.74, 6) is 0.859. The minimum Gasteiger partial charge on any atom is -0.484 e. The van der Waals surface area contributed by atoms with E-state index in [1.54, 1.807) is 24.3 Å². The van der Waals surface area contributed by atoms with Crippen LogP contribution in [0.5, 0.6) is 5.75 Å². The van der Waals surface area contributed by atoms with Crippen LogP contribution in [0.25, 0.3) is 0 Å². The fourth-order valence-corrected chi connectivity index (χ4v) is 2.97. The number of anilines is 1. The van der Waals surface area contributed by atoms with Gasteiger partial charge in [-0.25, -0.2) is 0 Å². The van der Waals surface area contributed by atoms with Crippen LogP contribution < -0.4 is 10.1 Å². The summed E-state index contributed by atoms with van der Waals surface area (Å²) in [5, 5.41) is 20.2. The monoisotopic (exact) mass is 397 g/mol. The molecule has 25 heavy (non-hydrogen) atoms. The first-order valence-corrected chi connectivity index (χ1v) is 9.20. The maximum atomic E-state index is 11.8. The lowest BCUT2D eigenvalue weighted by atomic mass is 10.3. The highest BCUT2D eigenvalue weighted by molar-refractivity contribution is 7.99. The van der Waals surface area contributed by atoms with Gasteiger partial charge in [-0.05, 0) is 31.2 Å². The van der Waals surface area contributed by atoms with Crippen molar-refractivity contribution in [2.24, 2.45) is 0 Å². The highest BCUT2D eigenvalue weighted by Gasteiger charge is 2.12. The Morgan fingerprint density at radius 2 is 2.08 bits per heavy atom. The van der Waals surface area contributed by atoms with E-state index in [9.17, 15) is 4.79 Å². The Hall–Kier alpha value is -2.17. The molecule has 3 rings (SSSR count). The highest BCUT2D eigenvalue weighted by atomic mass is 35.5. The van der Waals surface area contributed by atoms with Gasteiger partial charge in [-0.2, -0.15) is 0 Å². The minimum absolute atomic E-state index is 0.123. The SMILES string of the molecule is Cc1nnc(NC(=O)CSc2nnc(COc3ccc(Cl)cc3)o2)s1. The molecule has 1 amide bonds. The standard InChI is InChI=1S/C14H12ClN5O3S2/c1-8-17-19-13(25-8)16-11(21)7-24-14-20-18-12(23-14)6-22-10-4-2-9(15)3-5-10/h2-5H,6-7H2,1H3,(H,16,19,21). The summed E-state index contributed by atoms with van der Waals surface area (Å²) in [6.45, 7) is 1.94. The minimum atomic E-state index is -0.224. The Bertz CT molecular complexity index is 852. The van der Waals surface area contributed by atoms with Gasteiger partial charge in [0.05, 0.1) is 5.75 Å². The molecule has 0 spiro atoms. The number of hydrogen-bond donors (Lipinski definition) is 1. The zero-order valence-electron chi connectivity index (χ0n) is 12.9. The number of aromatic nitrogens is 4. The van der Waals surface area contributed by atoms with Crippen molar-refractivity contribution in [2.45, 2.75) is 18.8 Å². The van der Waals surface area contributed by atoms with Crippen LogP contribution in [0.2, 0.25) is 5.02 Å². The lowest BCUT2D eigenvalue weighted by molar-refractivity contribution is -0.113. The number of ether oxygens (including phenoxy) is 1. The zero-order valence-corrected chi connectivity index (χ0v) is 15.3. The third kappa shape index (κ3) is 5.41. The van der Waals surface area contributed by atoms with Crippen LogP contribution in [0.1, 0.15) is 10.9 Å². The summed E-state index contributed by atoms with van der Waals surface area (Å²) >= 11 is 8.24. The van der Waals surface area contributed by atoms with Crippen LogP contribution >= 0.6 is 34.7 Å². The van der Waals surface area contributed by atoms with Crippen LogP contribution in [0.4, 0.5) is 5.13 Å². The van der Waals surface area contributed by atoms with Gasteiger partial charge >= 0.3 is 0 Å². The number of aryl methyl sites for hydroxylation is 1. The molecule has 0 radical (unpaired) electrons. The Morgan fingerprint density at radius 3 is 2.80 bits per heavy atom. The summed E-state index contributed by atoms with van der Waals surface area (Å²) in [6, 6.07) is 6.94. The molecule has 1 aromatic carbocycles. The van der Waals surface area contributed by atoms with Gasteiger partial charge in [0.1, 0.15) is 10.8 Å². The van der Waals surface area contributed by atoms with Crippen LogP contribution in [-0.2, 0) is 11.4 Å². The normalized spacial score (nSPS) is 10.6. The van der Waals surface area contributed by atoms with E-state index in [2.05, 4.69) is 25.7 Å². The van der Waals surface area contributed by atoms with Gasteiger partial charge in [0.15, 0.2) is 6.61 Å². The van der Waals surface area contributed by atoms with E-state index >= 15 is 0 Å². The van der Waals surface area contributed by atoms with E-state index < -0.39 is 0 Å². The van der Waals surface area contributed by atoms with Crippen LogP contribution in [-0.4, -0.2) is 32.1 Å². The fraction of sp³-hybridized carbons (Fsp3) is 0.214.